The van der Waals surface area contributed by atoms with Crippen LogP contribution in [-0.2, 0) is 10.3 Å². The molecular formula is C17H30N4O. The van der Waals surface area contributed by atoms with Crippen molar-refractivity contribution in [3.8, 4) is 0 Å². The number of rotatable bonds is 2. The Morgan fingerprint density at radius 2 is 1.82 bits per heavy atom. The number of nitrogens with zero attached hydrogens (tertiary/aromatic N) is 3. The molecule has 5 nitrogen and oxygen atoms in total. The summed E-state index contributed by atoms with van der Waals surface area (Å²) in [5.74, 6) is 1.28. The lowest BCUT2D eigenvalue weighted by atomic mass is 9.77. The van der Waals surface area contributed by atoms with Crippen molar-refractivity contribution < 1.29 is 4.79 Å². The monoisotopic (exact) mass is 306 g/mol. The van der Waals surface area contributed by atoms with Crippen LogP contribution in [0.4, 0.5) is 0 Å². The fourth-order valence-electron chi connectivity index (χ4n) is 3.24. The van der Waals surface area contributed by atoms with E-state index in [0.29, 0.717) is 0 Å². The predicted molar refractivity (Wildman–Crippen MR) is 87.6 cm³/mol. The molecule has 0 spiro atoms. The van der Waals surface area contributed by atoms with E-state index < -0.39 is 0 Å². The van der Waals surface area contributed by atoms with E-state index in [1.807, 2.05) is 25.5 Å². The molecule has 2 rings (SSSR count). The van der Waals surface area contributed by atoms with Crippen molar-refractivity contribution in [2.75, 3.05) is 0 Å². The van der Waals surface area contributed by atoms with Gasteiger partial charge in [-0.2, -0.15) is 5.10 Å². The normalized spacial score (nSPS) is 23.4. The summed E-state index contributed by atoms with van der Waals surface area (Å²) in [5, 5.41) is 7.55. The first kappa shape index (κ1) is 17.0. The van der Waals surface area contributed by atoms with Gasteiger partial charge in [0, 0.05) is 17.4 Å². The summed E-state index contributed by atoms with van der Waals surface area (Å²) in [6.07, 6.45) is 5.83. The Labute approximate surface area is 133 Å². The van der Waals surface area contributed by atoms with E-state index in [9.17, 15) is 4.79 Å². The van der Waals surface area contributed by atoms with Crippen molar-refractivity contribution in [2.24, 2.45) is 5.92 Å². The lowest BCUT2D eigenvalue weighted by Crippen LogP contribution is -2.46. The molecule has 1 aromatic heterocycles. The molecular weight excluding hydrogens is 276 g/mol. The van der Waals surface area contributed by atoms with Gasteiger partial charge in [-0.1, -0.05) is 12.8 Å². The van der Waals surface area contributed by atoms with Crippen LogP contribution in [0, 0.1) is 5.92 Å². The summed E-state index contributed by atoms with van der Waals surface area (Å²) < 4.78 is 1.99. The van der Waals surface area contributed by atoms with Crippen molar-refractivity contribution in [3.05, 3.63) is 12.2 Å². The van der Waals surface area contributed by atoms with E-state index in [-0.39, 0.29) is 28.8 Å². The highest BCUT2D eigenvalue weighted by molar-refractivity contribution is 5.80. The van der Waals surface area contributed by atoms with Gasteiger partial charge in [0.15, 0.2) is 0 Å². The van der Waals surface area contributed by atoms with Crippen molar-refractivity contribution in [3.63, 3.8) is 0 Å². The van der Waals surface area contributed by atoms with Gasteiger partial charge in [0.1, 0.15) is 12.2 Å². The molecule has 22 heavy (non-hydrogen) atoms. The molecule has 5 heteroatoms. The van der Waals surface area contributed by atoms with Gasteiger partial charge in [0.05, 0.1) is 5.54 Å². The Kier molecular flexibility index (Phi) is 4.64. The number of aromatic nitrogens is 3. The van der Waals surface area contributed by atoms with Crippen molar-refractivity contribution in [2.45, 2.75) is 84.2 Å². The van der Waals surface area contributed by atoms with Crippen LogP contribution >= 0.6 is 0 Å². The van der Waals surface area contributed by atoms with Crippen LogP contribution < -0.4 is 5.32 Å². The van der Waals surface area contributed by atoms with E-state index in [0.717, 1.165) is 31.5 Å². The van der Waals surface area contributed by atoms with Gasteiger partial charge in [-0.05, 0) is 54.4 Å². The zero-order valence-electron chi connectivity index (χ0n) is 14.8. The molecule has 1 aromatic rings. The van der Waals surface area contributed by atoms with Crippen LogP contribution in [-0.4, -0.2) is 26.2 Å². The minimum absolute atomic E-state index is 0.00160. The van der Waals surface area contributed by atoms with E-state index >= 15 is 0 Å². The molecule has 0 aliphatic heterocycles. The lowest BCUT2D eigenvalue weighted by Gasteiger charge is -2.34. The van der Waals surface area contributed by atoms with Gasteiger partial charge >= 0.3 is 0 Å². The largest absolute Gasteiger partial charge is 0.351 e. The molecule has 1 N–H and O–H groups in total. The molecule has 0 saturated heterocycles. The van der Waals surface area contributed by atoms with Gasteiger partial charge in [-0.25, -0.2) is 9.67 Å². The second-order valence-corrected chi connectivity index (χ2v) is 8.44. The highest BCUT2D eigenvalue weighted by Crippen LogP contribution is 2.38. The maximum Gasteiger partial charge on any atom is 0.224 e. The molecule has 1 amide bonds. The van der Waals surface area contributed by atoms with Gasteiger partial charge in [0.2, 0.25) is 5.91 Å². The topological polar surface area (TPSA) is 59.8 Å². The number of carbonyl (C=O) groups is 1. The summed E-state index contributed by atoms with van der Waals surface area (Å²) >= 11 is 0. The lowest BCUT2D eigenvalue weighted by molar-refractivity contribution is -0.128. The molecule has 1 fully saturated rings. The number of carbonyl (C=O) groups excluding carboxylic acids is 1. The van der Waals surface area contributed by atoms with Crippen LogP contribution in [0.1, 0.15) is 79.0 Å². The second kappa shape index (κ2) is 6.01. The first-order valence-corrected chi connectivity index (χ1v) is 8.32. The van der Waals surface area contributed by atoms with Crippen LogP contribution in [0.25, 0.3) is 0 Å². The van der Waals surface area contributed by atoms with Crippen LogP contribution in [0.2, 0.25) is 0 Å². The number of nitrogens with one attached hydrogen (secondary N) is 1. The maximum absolute atomic E-state index is 12.7. The Balaban J connectivity index is 2.28. The third-order valence-corrected chi connectivity index (χ3v) is 4.14. The van der Waals surface area contributed by atoms with E-state index in [1.54, 1.807) is 6.33 Å². The van der Waals surface area contributed by atoms with Gasteiger partial charge in [-0.15, -0.1) is 0 Å². The molecule has 0 bridgehead atoms. The van der Waals surface area contributed by atoms with Gasteiger partial charge < -0.3 is 5.32 Å². The van der Waals surface area contributed by atoms with Crippen molar-refractivity contribution >= 4 is 5.91 Å². The fourth-order valence-corrected chi connectivity index (χ4v) is 3.24. The minimum Gasteiger partial charge on any atom is -0.351 e. The number of hydrogen-bond donors (Lipinski definition) is 1. The second-order valence-electron chi connectivity index (χ2n) is 8.44. The molecule has 0 radical (unpaired) electrons. The van der Waals surface area contributed by atoms with Crippen LogP contribution in [0.5, 0.6) is 0 Å². The molecule has 0 unspecified atom stereocenters. The average Bonchev–Trinajstić information content (AvgIpc) is 2.85. The quantitative estimate of drug-likeness (QED) is 0.912. The summed E-state index contributed by atoms with van der Waals surface area (Å²) in [6, 6.07) is 0. The highest BCUT2D eigenvalue weighted by atomic mass is 16.2. The summed E-state index contributed by atoms with van der Waals surface area (Å²) in [7, 11) is 0. The van der Waals surface area contributed by atoms with Crippen LogP contribution in [0.3, 0.4) is 0 Å². The Hall–Kier alpha value is -1.39. The van der Waals surface area contributed by atoms with Gasteiger partial charge in [0.25, 0.3) is 0 Å². The zero-order chi connectivity index (χ0) is 16.5. The summed E-state index contributed by atoms with van der Waals surface area (Å²) in [4.78, 5) is 17.2. The Morgan fingerprint density at radius 3 is 2.41 bits per heavy atom. The Morgan fingerprint density at radius 1 is 1.18 bits per heavy atom. The predicted octanol–water partition coefficient (Wildman–Crippen LogP) is 3.22. The number of hydrogen-bond acceptors (Lipinski definition) is 3. The molecule has 2 atom stereocenters. The van der Waals surface area contributed by atoms with Crippen molar-refractivity contribution in [1.82, 2.24) is 20.1 Å². The van der Waals surface area contributed by atoms with E-state index in [4.69, 9.17) is 0 Å². The zero-order valence-corrected chi connectivity index (χ0v) is 14.8. The third-order valence-electron chi connectivity index (χ3n) is 4.14. The third kappa shape index (κ3) is 3.87. The first-order chi connectivity index (χ1) is 10.1. The molecule has 124 valence electrons. The van der Waals surface area contributed by atoms with E-state index in [1.165, 1.54) is 0 Å². The maximum atomic E-state index is 12.7. The minimum atomic E-state index is -0.198. The number of amides is 1. The Bertz CT molecular complexity index is 521. The van der Waals surface area contributed by atoms with E-state index in [2.05, 4.69) is 36.2 Å². The first-order valence-electron chi connectivity index (χ1n) is 8.32. The SMILES string of the molecule is CC(C)(C)NC(=O)[C@@H]1CCCC[C@@H]1c1ncnn1C(C)(C)C. The molecule has 1 heterocycles. The molecule has 1 aliphatic rings. The standard InChI is InChI=1S/C17H30N4O/c1-16(2,3)20-15(22)13-10-8-7-9-12(13)14-18-11-19-21(14)17(4,5)6/h11-13H,7-10H2,1-6H3,(H,20,22)/t12-,13+/m0/s1. The van der Waals surface area contributed by atoms with Gasteiger partial charge in [-0.3, -0.25) is 4.79 Å². The van der Waals surface area contributed by atoms with Crippen LogP contribution in [0.15, 0.2) is 6.33 Å². The highest BCUT2D eigenvalue weighted by Gasteiger charge is 2.37. The summed E-state index contributed by atoms with van der Waals surface area (Å²) in [5.41, 5.74) is -0.314. The average molecular weight is 306 g/mol. The van der Waals surface area contributed by atoms with Crippen molar-refractivity contribution in [1.29, 1.82) is 0 Å². The fraction of sp³-hybridized carbons (Fsp3) is 0.824. The molecule has 1 saturated carbocycles. The molecule has 0 aromatic carbocycles. The molecule has 1 aliphatic carbocycles. The smallest absolute Gasteiger partial charge is 0.224 e. The summed E-state index contributed by atoms with van der Waals surface area (Å²) in [6.45, 7) is 12.5.